The van der Waals surface area contributed by atoms with Crippen LogP contribution in [-0.4, -0.2) is 42.0 Å². The third-order valence-electron chi connectivity index (χ3n) is 2.87. The normalized spacial score (nSPS) is 19.7. The maximum atomic E-state index is 11.7. The molecule has 1 aliphatic rings. The van der Waals surface area contributed by atoms with Crippen LogP contribution in [0.3, 0.4) is 0 Å². The number of thiazole rings is 1. The van der Waals surface area contributed by atoms with Gasteiger partial charge in [0.15, 0.2) is 0 Å². The minimum absolute atomic E-state index is 0.0237. The molecule has 1 atom stereocenters. The molecule has 1 aromatic rings. The van der Waals surface area contributed by atoms with E-state index < -0.39 is 0 Å². The van der Waals surface area contributed by atoms with Gasteiger partial charge in [0.2, 0.25) is 5.91 Å². The second-order valence-electron chi connectivity index (χ2n) is 3.99. The molecule has 6 heteroatoms. The van der Waals surface area contributed by atoms with Crippen LogP contribution >= 0.6 is 11.3 Å². The quantitative estimate of drug-likeness (QED) is 0.742. The lowest BCUT2D eigenvalue weighted by atomic mass is 10.1. The van der Waals surface area contributed by atoms with Crippen molar-refractivity contribution in [3.05, 3.63) is 16.6 Å². The summed E-state index contributed by atoms with van der Waals surface area (Å²) in [6, 6.07) is 0. The Labute approximate surface area is 103 Å². The van der Waals surface area contributed by atoms with Gasteiger partial charge in [0.1, 0.15) is 0 Å². The molecule has 17 heavy (non-hydrogen) atoms. The first-order valence-corrected chi connectivity index (χ1v) is 6.37. The van der Waals surface area contributed by atoms with Gasteiger partial charge in [-0.25, -0.2) is 4.98 Å². The zero-order chi connectivity index (χ0) is 12.3. The molecule has 0 aliphatic carbocycles. The lowest BCUT2D eigenvalue weighted by Crippen LogP contribution is -2.28. The molecule has 92 valence electrons. The first-order chi connectivity index (χ1) is 8.20. The molecule has 0 bridgehead atoms. The molecule has 0 aromatic carbocycles. The van der Waals surface area contributed by atoms with Gasteiger partial charge in [-0.3, -0.25) is 9.59 Å². The Kier molecular flexibility index (Phi) is 3.73. The first-order valence-electron chi connectivity index (χ1n) is 5.43. The molecule has 1 saturated heterocycles. The molecule has 1 aliphatic heterocycles. The molecule has 2 rings (SSSR count). The number of hydrogen-bond donors (Lipinski definition) is 0. The zero-order valence-corrected chi connectivity index (χ0v) is 10.4. The molecular formula is C11H14N2O3S. The topological polar surface area (TPSA) is 59.5 Å². The third-order valence-corrected chi connectivity index (χ3v) is 3.51. The number of rotatable bonds is 4. The van der Waals surface area contributed by atoms with Crippen LogP contribution in [0.25, 0.3) is 0 Å². The van der Waals surface area contributed by atoms with E-state index in [4.69, 9.17) is 0 Å². The lowest BCUT2D eigenvalue weighted by Gasteiger charge is -2.15. The van der Waals surface area contributed by atoms with Crippen LogP contribution in [0.1, 0.15) is 12.1 Å². The average Bonchev–Trinajstić information content (AvgIpc) is 2.95. The molecule has 2 heterocycles. The highest BCUT2D eigenvalue weighted by Gasteiger charge is 2.34. The monoisotopic (exact) mass is 254 g/mol. The SMILES string of the molecule is COC(=O)C1CC(=O)N(CCc2cscn2)C1. The predicted molar refractivity (Wildman–Crippen MR) is 62.5 cm³/mol. The third kappa shape index (κ3) is 2.82. The van der Waals surface area contributed by atoms with Crippen molar-refractivity contribution in [2.24, 2.45) is 5.92 Å². The van der Waals surface area contributed by atoms with Gasteiger partial charge in [-0.15, -0.1) is 11.3 Å². The Morgan fingerprint density at radius 1 is 1.71 bits per heavy atom. The van der Waals surface area contributed by atoms with Gasteiger partial charge < -0.3 is 9.64 Å². The average molecular weight is 254 g/mol. The van der Waals surface area contributed by atoms with Crippen molar-refractivity contribution in [3.8, 4) is 0 Å². The van der Waals surface area contributed by atoms with Crippen LogP contribution in [0.4, 0.5) is 0 Å². The second-order valence-corrected chi connectivity index (χ2v) is 4.71. The summed E-state index contributed by atoms with van der Waals surface area (Å²) in [5.74, 6) is -0.576. The van der Waals surface area contributed by atoms with Crippen molar-refractivity contribution in [1.29, 1.82) is 0 Å². The van der Waals surface area contributed by atoms with Gasteiger partial charge in [-0.2, -0.15) is 0 Å². The van der Waals surface area contributed by atoms with E-state index >= 15 is 0 Å². The van der Waals surface area contributed by atoms with Crippen molar-refractivity contribution in [1.82, 2.24) is 9.88 Å². The number of ether oxygens (including phenoxy) is 1. The predicted octanol–water partition coefficient (Wildman–Crippen LogP) is 0.707. The molecular weight excluding hydrogens is 240 g/mol. The highest BCUT2D eigenvalue weighted by atomic mass is 32.1. The van der Waals surface area contributed by atoms with Crippen LogP contribution in [0.5, 0.6) is 0 Å². The van der Waals surface area contributed by atoms with E-state index in [0.29, 0.717) is 13.1 Å². The summed E-state index contributed by atoms with van der Waals surface area (Å²) < 4.78 is 4.65. The molecule has 1 aromatic heterocycles. The highest BCUT2D eigenvalue weighted by Crippen LogP contribution is 2.19. The van der Waals surface area contributed by atoms with Crippen molar-refractivity contribution < 1.29 is 14.3 Å². The fraction of sp³-hybridized carbons (Fsp3) is 0.545. The summed E-state index contributed by atoms with van der Waals surface area (Å²) in [7, 11) is 1.35. The van der Waals surface area contributed by atoms with Gasteiger partial charge in [-0.1, -0.05) is 0 Å². The van der Waals surface area contributed by atoms with E-state index in [-0.39, 0.29) is 24.2 Å². The summed E-state index contributed by atoms with van der Waals surface area (Å²) in [6.45, 7) is 1.09. The molecule has 0 radical (unpaired) electrons. The number of methoxy groups -OCH3 is 1. The Hall–Kier alpha value is -1.43. The molecule has 1 amide bonds. The number of hydrogen-bond acceptors (Lipinski definition) is 5. The molecule has 1 unspecified atom stereocenters. The number of amides is 1. The van der Waals surface area contributed by atoms with E-state index in [0.717, 1.165) is 12.1 Å². The second kappa shape index (κ2) is 5.27. The van der Waals surface area contributed by atoms with Crippen molar-refractivity contribution in [2.75, 3.05) is 20.2 Å². The summed E-state index contributed by atoms with van der Waals surface area (Å²) in [6.07, 6.45) is 1.01. The Balaban J connectivity index is 1.86. The van der Waals surface area contributed by atoms with E-state index in [1.165, 1.54) is 7.11 Å². The first kappa shape index (κ1) is 12.0. The Morgan fingerprint density at radius 3 is 3.18 bits per heavy atom. The largest absolute Gasteiger partial charge is 0.469 e. The fourth-order valence-corrected chi connectivity index (χ4v) is 2.52. The fourth-order valence-electron chi connectivity index (χ4n) is 1.92. The molecule has 5 nitrogen and oxygen atoms in total. The number of likely N-dealkylation sites (tertiary alicyclic amines) is 1. The van der Waals surface area contributed by atoms with E-state index in [1.54, 1.807) is 21.7 Å². The number of carbonyl (C=O) groups is 2. The summed E-state index contributed by atoms with van der Waals surface area (Å²) in [5, 5.41) is 1.97. The Bertz CT molecular complexity index is 405. The summed E-state index contributed by atoms with van der Waals surface area (Å²) >= 11 is 1.54. The summed E-state index contributed by atoms with van der Waals surface area (Å²) in [4.78, 5) is 28.9. The van der Waals surface area contributed by atoms with E-state index in [2.05, 4.69) is 9.72 Å². The van der Waals surface area contributed by atoms with Crippen LogP contribution < -0.4 is 0 Å². The maximum Gasteiger partial charge on any atom is 0.310 e. The van der Waals surface area contributed by atoms with Crippen LogP contribution in [-0.2, 0) is 20.7 Å². The van der Waals surface area contributed by atoms with Gasteiger partial charge in [-0.05, 0) is 0 Å². The molecule has 1 fully saturated rings. The molecule has 0 saturated carbocycles. The van der Waals surface area contributed by atoms with Crippen molar-refractivity contribution in [3.63, 3.8) is 0 Å². The number of nitrogens with zero attached hydrogens (tertiary/aromatic N) is 2. The number of carbonyl (C=O) groups excluding carboxylic acids is 2. The van der Waals surface area contributed by atoms with Gasteiger partial charge >= 0.3 is 5.97 Å². The lowest BCUT2D eigenvalue weighted by molar-refractivity contribution is -0.145. The van der Waals surface area contributed by atoms with E-state index in [9.17, 15) is 9.59 Å². The highest BCUT2D eigenvalue weighted by molar-refractivity contribution is 7.07. The van der Waals surface area contributed by atoms with Crippen LogP contribution in [0.2, 0.25) is 0 Å². The van der Waals surface area contributed by atoms with Crippen LogP contribution in [0.15, 0.2) is 10.9 Å². The number of aromatic nitrogens is 1. The van der Waals surface area contributed by atoms with Gasteiger partial charge in [0, 0.05) is 31.3 Å². The van der Waals surface area contributed by atoms with Crippen LogP contribution in [0, 0.1) is 5.92 Å². The summed E-state index contributed by atoms with van der Waals surface area (Å²) in [5.41, 5.74) is 2.77. The Morgan fingerprint density at radius 2 is 2.53 bits per heavy atom. The molecule has 0 spiro atoms. The van der Waals surface area contributed by atoms with Gasteiger partial charge in [0.05, 0.1) is 24.2 Å². The standard InChI is InChI=1S/C11H14N2O3S/c1-16-11(15)8-4-10(14)13(5-8)3-2-9-6-17-7-12-9/h6-8H,2-5H2,1H3. The number of esters is 1. The zero-order valence-electron chi connectivity index (χ0n) is 9.59. The van der Waals surface area contributed by atoms with E-state index in [1.807, 2.05) is 5.38 Å². The van der Waals surface area contributed by atoms with Crippen molar-refractivity contribution in [2.45, 2.75) is 12.8 Å². The minimum atomic E-state index is -0.303. The van der Waals surface area contributed by atoms with Gasteiger partial charge in [0.25, 0.3) is 0 Å². The smallest absolute Gasteiger partial charge is 0.310 e. The minimum Gasteiger partial charge on any atom is -0.469 e. The van der Waals surface area contributed by atoms with Crippen molar-refractivity contribution >= 4 is 23.2 Å². The molecule has 0 N–H and O–H groups in total. The maximum absolute atomic E-state index is 11.7.